The highest BCUT2D eigenvalue weighted by Gasteiger charge is 2.14. The van der Waals surface area contributed by atoms with Crippen LogP contribution in [0.15, 0.2) is 54.6 Å². The van der Waals surface area contributed by atoms with E-state index >= 15 is 0 Å². The summed E-state index contributed by atoms with van der Waals surface area (Å²) in [4.78, 5) is 23.5. The molecule has 1 amide bonds. The summed E-state index contributed by atoms with van der Waals surface area (Å²) in [5.41, 5.74) is 7.24. The predicted octanol–water partition coefficient (Wildman–Crippen LogP) is 2.40. The number of benzene rings is 2. The fourth-order valence-electron chi connectivity index (χ4n) is 1.87. The molecule has 7 heteroatoms. The fourth-order valence-corrected chi connectivity index (χ4v) is 1.87. The Balaban J connectivity index is 0.000000450. The number of amides is 1. The molecule has 134 valence electrons. The highest BCUT2D eigenvalue weighted by molar-refractivity contribution is 7.85. The maximum atomic E-state index is 12.3. The predicted molar refractivity (Wildman–Crippen MR) is 96.0 cm³/mol. The number of hydrogen-bond donors (Lipinski definition) is 2. The zero-order valence-electron chi connectivity index (χ0n) is 14.0. The van der Waals surface area contributed by atoms with Gasteiger partial charge in [0.1, 0.15) is 0 Å². The van der Waals surface area contributed by atoms with Crippen LogP contribution in [0.4, 0.5) is 0 Å². The molecule has 6 nitrogen and oxygen atoms in total. The van der Waals surface area contributed by atoms with Crippen molar-refractivity contribution >= 4 is 21.8 Å². The van der Waals surface area contributed by atoms with Gasteiger partial charge in [0, 0.05) is 11.1 Å². The van der Waals surface area contributed by atoms with Crippen LogP contribution < -0.4 is 5.73 Å². The van der Waals surface area contributed by atoms with Crippen molar-refractivity contribution in [3.63, 3.8) is 0 Å². The van der Waals surface area contributed by atoms with E-state index in [0.717, 1.165) is 5.56 Å². The van der Waals surface area contributed by atoms with E-state index in [4.69, 9.17) is 10.3 Å². The first-order valence-corrected chi connectivity index (χ1v) is 9.20. The van der Waals surface area contributed by atoms with Gasteiger partial charge in [-0.25, -0.2) is 0 Å². The molecule has 3 N–H and O–H groups in total. The first kappa shape index (κ1) is 20.5. The second kappa shape index (κ2) is 9.10. The van der Waals surface area contributed by atoms with Crippen LogP contribution in [0.2, 0.25) is 0 Å². The van der Waals surface area contributed by atoms with Crippen molar-refractivity contribution in [1.29, 1.82) is 0 Å². The van der Waals surface area contributed by atoms with Crippen LogP contribution in [0, 0.1) is 0 Å². The van der Waals surface area contributed by atoms with Crippen LogP contribution in [0.25, 0.3) is 0 Å². The quantitative estimate of drug-likeness (QED) is 0.625. The van der Waals surface area contributed by atoms with Crippen molar-refractivity contribution in [2.45, 2.75) is 19.8 Å². The van der Waals surface area contributed by atoms with Crippen LogP contribution >= 0.6 is 0 Å². The van der Waals surface area contributed by atoms with E-state index in [2.05, 4.69) is 0 Å². The lowest BCUT2D eigenvalue weighted by Crippen LogP contribution is -2.19. The zero-order chi connectivity index (χ0) is 19.0. The number of carbonyl (C=O) groups is 2. The standard InChI is InChI=1S/C16H15NO2.C2H6O3S/c1-11(16(17)19)13-8-5-9-14(10-13)15(18)12-6-3-2-4-7-12;1-2-6(3,4)5/h2-11H,1H3,(H2,17,19);2H2,1H3,(H,3,4,5). The van der Waals surface area contributed by atoms with Gasteiger partial charge in [-0.1, -0.05) is 48.5 Å². The smallest absolute Gasteiger partial charge is 0.264 e. The van der Waals surface area contributed by atoms with E-state index in [0.29, 0.717) is 11.1 Å². The molecule has 0 saturated heterocycles. The molecule has 0 radical (unpaired) electrons. The number of nitrogens with two attached hydrogens (primary N) is 1. The summed E-state index contributed by atoms with van der Waals surface area (Å²) in [7, 11) is -3.66. The van der Waals surface area contributed by atoms with Crippen LogP contribution in [0.5, 0.6) is 0 Å². The van der Waals surface area contributed by atoms with E-state index in [-0.39, 0.29) is 11.5 Å². The average Bonchev–Trinajstić information content (AvgIpc) is 2.61. The Kier molecular flexibility index (Phi) is 7.47. The van der Waals surface area contributed by atoms with Crippen molar-refractivity contribution in [3.05, 3.63) is 71.3 Å². The molecule has 25 heavy (non-hydrogen) atoms. The first-order chi connectivity index (χ1) is 11.7. The highest BCUT2D eigenvalue weighted by Crippen LogP contribution is 2.18. The van der Waals surface area contributed by atoms with E-state index in [1.807, 2.05) is 18.2 Å². The van der Waals surface area contributed by atoms with E-state index in [9.17, 15) is 18.0 Å². The number of primary amides is 1. The molecule has 0 aliphatic heterocycles. The number of carbonyl (C=O) groups excluding carboxylic acids is 2. The minimum atomic E-state index is -3.66. The molecule has 0 saturated carbocycles. The topological polar surface area (TPSA) is 115 Å². The van der Waals surface area contributed by atoms with Crippen molar-refractivity contribution in [2.75, 3.05) is 5.75 Å². The molecule has 2 aromatic carbocycles. The second-order valence-corrected chi connectivity index (χ2v) is 7.06. The van der Waals surface area contributed by atoms with Gasteiger partial charge in [0.15, 0.2) is 5.78 Å². The van der Waals surface area contributed by atoms with Gasteiger partial charge >= 0.3 is 0 Å². The Morgan fingerprint density at radius 3 is 2.04 bits per heavy atom. The van der Waals surface area contributed by atoms with Crippen molar-refractivity contribution in [3.8, 4) is 0 Å². The Hall–Kier alpha value is -2.51. The van der Waals surface area contributed by atoms with Gasteiger partial charge < -0.3 is 5.73 Å². The molecule has 1 atom stereocenters. The van der Waals surface area contributed by atoms with Crippen molar-refractivity contribution in [1.82, 2.24) is 0 Å². The lowest BCUT2D eigenvalue weighted by atomic mass is 9.95. The van der Waals surface area contributed by atoms with Gasteiger partial charge in [-0.2, -0.15) is 8.42 Å². The maximum absolute atomic E-state index is 12.3. The molecule has 0 aromatic heterocycles. The molecule has 0 heterocycles. The molecule has 2 aromatic rings. The number of rotatable bonds is 5. The van der Waals surface area contributed by atoms with Crippen LogP contribution in [-0.2, 0) is 14.9 Å². The average molecular weight is 363 g/mol. The van der Waals surface area contributed by atoms with Gasteiger partial charge in [0.05, 0.1) is 11.7 Å². The lowest BCUT2D eigenvalue weighted by Gasteiger charge is -2.09. The molecular weight excluding hydrogens is 342 g/mol. The van der Waals surface area contributed by atoms with Gasteiger partial charge in [0.25, 0.3) is 10.1 Å². The third-order valence-corrected chi connectivity index (χ3v) is 4.21. The number of ketones is 1. The monoisotopic (exact) mass is 363 g/mol. The summed E-state index contributed by atoms with van der Waals surface area (Å²) in [5, 5.41) is 0. The highest BCUT2D eigenvalue weighted by atomic mass is 32.2. The summed E-state index contributed by atoms with van der Waals surface area (Å²) < 4.78 is 26.9. The molecule has 0 bridgehead atoms. The molecule has 0 fully saturated rings. The van der Waals surface area contributed by atoms with Crippen LogP contribution in [0.3, 0.4) is 0 Å². The van der Waals surface area contributed by atoms with Crippen molar-refractivity contribution in [2.24, 2.45) is 5.73 Å². The van der Waals surface area contributed by atoms with Gasteiger partial charge in [-0.05, 0) is 25.5 Å². The minimum absolute atomic E-state index is 0.0564. The van der Waals surface area contributed by atoms with Gasteiger partial charge in [-0.15, -0.1) is 0 Å². The summed E-state index contributed by atoms with van der Waals surface area (Å²) in [6, 6.07) is 16.1. The first-order valence-electron chi connectivity index (χ1n) is 7.60. The Bertz CT molecular complexity index is 832. The van der Waals surface area contributed by atoms with E-state index in [1.54, 1.807) is 43.3 Å². The SMILES string of the molecule is CC(C(N)=O)c1cccc(C(=O)c2ccccc2)c1.CCS(=O)(=O)O. The summed E-state index contributed by atoms with van der Waals surface area (Å²) in [6.07, 6.45) is 0. The third kappa shape index (κ3) is 6.86. The van der Waals surface area contributed by atoms with Crippen LogP contribution in [-0.4, -0.2) is 30.4 Å². The van der Waals surface area contributed by atoms with E-state index in [1.165, 1.54) is 6.92 Å². The Labute approximate surface area is 147 Å². The normalized spacial score (nSPS) is 11.8. The largest absolute Gasteiger partial charge is 0.369 e. The maximum Gasteiger partial charge on any atom is 0.264 e. The minimum Gasteiger partial charge on any atom is -0.369 e. The zero-order valence-corrected chi connectivity index (χ0v) is 14.9. The molecule has 1 unspecified atom stereocenters. The lowest BCUT2D eigenvalue weighted by molar-refractivity contribution is -0.119. The Morgan fingerprint density at radius 1 is 1.04 bits per heavy atom. The Morgan fingerprint density at radius 2 is 1.56 bits per heavy atom. The van der Waals surface area contributed by atoms with Crippen LogP contribution in [0.1, 0.15) is 41.3 Å². The molecule has 0 spiro atoms. The summed E-state index contributed by atoms with van der Waals surface area (Å²) in [6.45, 7) is 3.10. The second-order valence-electron chi connectivity index (χ2n) is 5.32. The van der Waals surface area contributed by atoms with E-state index < -0.39 is 21.9 Å². The summed E-state index contributed by atoms with van der Waals surface area (Å²) >= 11 is 0. The van der Waals surface area contributed by atoms with Gasteiger partial charge in [0.2, 0.25) is 5.91 Å². The molecule has 2 rings (SSSR count). The third-order valence-electron chi connectivity index (χ3n) is 3.48. The molecule has 0 aliphatic carbocycles. The number of hydrogen-bond acceptors (Lipinski definition) is 4. The van der Waals surface area contributed by atoms with Crippen molar-refractivity contribution < 1.29 is 22.6 Å². The molecular formula is C18H21NO5S. The molecule has 0 aliphatic rings. The summed E-state index contributed by atoms with van der Waals surface area (Å²) in [5.74, 6) is -1.06. The fraction of sp³-hybridized carbons (Fsp3) is 0.222. The van der Waals surface area contributed by atoms with Gasteiger partial charge in [-0.3, -0.25) is 14.1 Å².